The van der Waals surface area contributed by atoms with Crippen LogP contribution in [0.5, 0.6) is 0 Å². The number of likely N-dealkylation sites (N-methyl/N-ethyl adjacent to an activating group) is 1. The molecule has 1 atom stereocenters. The molecule has 2 aromatic rings. The molecular formula is C16H19Cl2N3. The fraction of sp³-hybridized carbons (Fsp3) is 0.375. The fourth-order valence-electron chi connectivity index (χ4n) is 2.36. The molecule has 0 saturated carbocycles. The van der Waals surface area contributed by atoms with E-state index in [1.807, 2.05) is 32.0 Å². The lowest BCUT2D eigenvalue weighted by Gasteiger charge is -2.20. The average molecular weight is 324 g/mol. The van der Waals surface area contributed by atoms with Crippen molar-refractivity contribution in [3.8, 4) is 0 Å². The lowest BCUT2D eigenvalue weighted by Crippen LogP contribution is -2.24. The molecule has 0 radical (unpaired) electrons. The summed E-state index contributed by atoms with van der Waals surface area (Å²) < 4.78 is 0. The van der Waals surface area contributed by atoms with Crippen molar-refractivity contribution in [1.29, 1.82) is 0 Å². The Labute approximate surface area is 135 Å². The molecule has 1 aromatic carbocycles. The van der Waals surface area contributed by atoms with Crippen LogP contribution in [0.2, 0.25) is 10.0 Å². The maximum absolute atomic E-state index is 6.10. The molecule has 0 aliphatic carbocycles. The molecule has 1 heterocycles. The van der Waals surface area contributed by atoms with Crippen LogP contribution >= 0.6 is 23.2 Å². The molecular weight excluding hydrogens is 305 g/mol. The molecule has 0 aliphatic heterocycles. The zero-order valence-electron chi connectivity index (χ0n) is 12.5. The summed E-state index contributed by atoms with van der Waals surface area (Å²) in [5, 5.41) is 13.0. The first-order chi connectivity index (χ1) is 10.0. The maximum Gasteiger partial charge on any atom is 0.0648 e. The molecule has 0 amide bonds. The van der Waals surface area contributed by atoms with Crippen LogP contribution in [0.1, 0.15) is 35.5 Å². The number of nitrogens with one attached hydrogen (secondary N) is 1. The van der Waals surface area contributed by atoms with Gasteiger partial charge in [-0.05, 0) is 56.1 Å². The molecule has 3 nitrogen and oxygen atoms in total. The number of benzene rings is 1. The molecule has 0 saturated heterocycles. The topological polar surface area (TPSA) is 37.8 Å². The molecule has 21 heavy (non-hydrogen) atoms. The van der Waals surface area contributed by atoms with Crippen molar-refractivity contribution in [2.75, 3.05) is 6.54 Å². The lowest BCUT2D eigenvalue weighted by atomic mass is 9.97. The van der Waals surface area contributed by atoms with Gasteiger partial charge in [-0.15, -0.1) is 0 Å². The van der Waals surface area contributed by atoms with Crippen molar-refractivity contribution in [2.45, 2.75) is 33.2 Å². The lowest BCUT2D eigenvalue weighted by molar-refractivity contribution is 0.542. The molecule has 0 fully saturated rings. The minimum atomic E-state index is 0.182. The van der Waals surface area contributed by atoms with Crippen molar-refractivity contribution < 1.29 is 0 Å². The number of nitrogens with zero attached hydrogens (tertiary/aromatic N) is 2. The minimum Gasteiger partial charge on any atom is -0.310 e. The largest absolute Gasteiger partial charge is 0.310 e. The summed E-state index contributed by atoms with van der Waals surface area (Å²) in [6.07, 6.45) is 0.830. The van der Waals surface area contributed by atoms with Crippen molar-refractivity contribution >= 4 is 23.2 Å². The highest BCUT2D eigenvalue weighted by Crippen LogP contribution is 2.26. The fourth-order valence-corrected chi connectivity index (χ4v) is 2.68. The van der Waals surface area contributed by atoms with Gasteiger partial charge >= 0.3 is 0 Å². The first-order valence-corrected chi connectivity index (χ1v) is 7.75. The number of hydrogen-bond acceptors (Lipinski definition) is 3. The van der Waals surface area contributed by atoms with Crippen molar-refractivity contribution in [3.05, 3.63) is 56.8 Å². The quantitative estimate of drug-likeness (QED) is 0.891. The van der Waals surface area contributed by atoms with E-state index >= 15 is 0 Å². The van der Waals surface area contributed by atoms with E-state index in [1.165, 1.54) is 5.56 Å². The molecule has 0 spiro atoms. The highest BCUT2D eigenvalue weighted by Gasteiger charge is 2.15. The Hall–Kier alpha value is -1.16. The third-order valence-electron chi connectivity index (χ3n) is 3.39. The molecule has 1 unspecified atom stereocenters. The zero-order chi connectivity index (χ0) is 15.4. The van der Waals surface area contributed by atoms with Crippen LogP contribution in [-0.2, 0) is 6.42 Å². The van der Waals surface area contributed by atoms with Gasteiger partial charge in [0.1, 0.15) is 0 Å². The Kier molecular flexibility index (Phi) is 5.57. The summed E-state index contributed by atoms with van der Waals surface area (Å²) in [5.74, 6) is 0. The van der Waals surface area contributed by atoms with Crippen LogP contribution in [0.25, 0.3) is 0 Å². The van der Waals surface area contributed by atoms with Gasteiger partial charge in [0.15, 0.2) is 0 Å². The summed E-state index contributed by atoms with van der Waals surface area (Å²) >= 11 is 12.1. The number of halogens is 2. The van der Waals surface area contributed by atoms with Crippen molar-refractivity contribution in [3.63, 3.8) is 0 Å². The summed E-state index contributed by atoms with van der Waals surface area (Å²) in [7, 11) is 0. The summed E-state index contributed by atoms with van der Waals surface area (Å²) in [6.45, 7) is 6.92. The third kappa shape index (κ3) is 4.16. The maximum atomic E-state index is 6.10. The zero-order valence-corrected chi connectivity index (χ0v) is 14.0. The van der Waals surface area contributed by atoms with Gasteiger partial charge in [-0.2, -0.15) is 10.2 Å². The average Bonchev–Trinajstić information content (AvgIpc) is 2.45. The van der Waals surface area contributed by atoms with Crippen LogP contribution in [-0.4, -0.2) is 16.7 Å². The van der Waals surface area contributed by atoms with E-state index in [1.54, 1.807) is 0 Å². The van der Waals surface area contributed by atoms with Gasteiger partial charge in [-0.25, -0.2) is 0 Å². The van der Waals surface area contributed by atoms with Gasteiger partial charge < -0.3 is 5.32 Å². The second-order valence-corrected chi connectivity index (χ2v) is 5.90. The van der Waals surface area contributed by atoms with E-state index in [4.69, 9.17) is 23.2 Å². The second kappa shape index (κ2) is 7.21. The normalized spacial score (nSPS) is 12.4. The van der Waals surface area contributed by atoms with Gasteiger partial charge in [0.05, 0.1) is 21.4 Å². The minimum absolute atomic E-state index is 0.182. The van der Waals surface area contributed by atoms with Gasteiger partial charge in [-0.1, -0.05) is 36.2 Å². The van der Waals surface area contributed by atoms with Crippen LogP contribution in [0.3, 0.4) is 0 Å². The summed E-state index contributed by atoms with van der Waals surface area (Å²) in [6, 6.07) is 8.04. The highest BCUT2D eigenvalue weighted by molar-refractivity contribution is 6.42. The van der Waals surface area contributed by atoms with E-state index in [2.05, 4.69) is 28.5 Å². The number of aryl methyl sites for hydroxylation is 2. The predicted molar refractivity (Wildman–Crippen MR) is 88.1 cm³/mol. The molecule has 112 valence electrons. The smallest absolute Gasteiger partial charge is 0.0648 e. The second-order valence-electron chi connectivity index (χ2n) is 5.09. The Balaban J connectivity index is 2.30. The molecule has 0 aliphatic rings. The van der Waals surface area contributed by atoms with Crippen LogP contribution in [0.15, 0.2) is 24.3 Å². The first-order valence-electron chi connectivity index (χ1n) is 6.99. The number of hydrogen-bond donors (Lipinski definition) is 1. The first kappa shape index (κ1) is 16.2. The Morgan fingerprint density at radius 3 is 2.52 bits per heavy atom. The van der Waals surface area contributed by atoms with Crippen molar-refractivity contribution in [2.24, 2.45) is 0 Å². The summed E-state index contributed by atoms with van der Waals surface area (Å²) in [5.41, 5.74) is 4.19. The van der Waals surface area contributed by atoms with E-state index in [9.17, 15) is 0 Å². The van der Waals surface area contributed by atoms with Crippen LogP contribution in [0.4, 0.5) is 0 Å². The van der Waals surface area contributed by atoms with Gasteiger partial charge in [0.25, 0.3) is 0 Å². The van der Waals surface area contributed by atoms with Crippen LogP contribution < -0.4 is 5.32 Å². The molecule has 5 heteroatoms. The monoisotopic (exact) mass is 323 g/mol. The Bertz CT molecular complexity index is 629. The molecule has 0 bridgehead atoms. The van der Waals surface area contributed by atoms with E-state index < -0.39 is 0 Å². The van der Waals surface area contributed by atoms with Gasteiger partial charge in [0, 0.05) is 6.04 Å². The molecule has 2 rings (SSSR count). The van der Waals surface area contributed by atoms with E-state index in [-0.39, 0.29) is 6.04 Å². The number of rotatable bonds is 5. The molecule has 1 N–H and O–H groups in total. The van der Waals surface area contributed by atoms with Gasteiger partial charge in [0.2, 0.25) is 0 Å². The SMILES string of the molecule is CCNC(Cc1ccc(Cl)c(Cl)c1)c1cc(C)nnc1C. The Morgan fingerprint density at radius 1 is 1.10 bits per heavy atom. The van der Waals surface area contributed by atoms with Gasteiger partial charge in [-0.3, -0.25) is 0 Å². The molecule has 1 aromatic heterocycles. The van der Waals surface area contributed by atoms with E-state index in [0.29, 0.717) is 10.0 Å². The predicted octanol–water partition coefficient (Wildman–Crippen LogP) is 4.29. The summed E-state index contributed by atoms with van der Waals surface area (Å²) in [4.78, 5) is 0. The van der Waals surface area contributed by atoms with Crippen molar-refractivity contribution in [1.82, 2.24) is 15.5 Å². The standard InChI is InChI=1S/C16H19Cl2N3/c1-4-19-16(13-7-10(2)20-21-11(13)3)9-12-5-6-14(17)15(18)8-12/h5-8,16,19H,4,9H2,1-3H3. The number of aromatic nitrogens is 2. The van der Waals surface area contributed by atoms with E-state index in [0.717, 1.165) is 29.9 Å². The Morgan fingerprint density at radius 2 is 1.86 bits per heavy atom. The highest BCUT2D eigenvalue weighted by atomic mass is 35.5. The third-order valence-corrected chi connectivity index (χ3v) is 4.13. The van der Waals surface area contributed by atoms with Crippen LogP contribution in [0, 0.1) is 13.8 Å².